The lowest BCUT2D eigenvalue weighted by atomic mass is 10.1. The van der Waals surface area contributed by atoms with E-state index in [2.05, 4.69) is 0 Å². The van der Waals surface area contributed by atoms with Crippen LogP contribution in [-0.4, -0.2) is 12.2 Å². The van der Waals surface area contributed by atoms with Crippen molar-refractivity contribution < 1.29 is 14.2 Å². The number of ether oxygens (including phenoxy) is 1. The van der Waals surface area contributed by atoms with Gasteiger partial charge in [-0.2, -0.15) is 0 Å². The number of aliphatic hydroxyl groups is 1. The highest BCUT2D eigenvalue weighted by atomic mass is 35.5. The predicted octanol–water partition coefficient (Wildman–Crippen LogP) is 2.54. The lowest BCUT2D eigenvalue weighted by molar-refractivity contribution is 0.193. The van der Waals surface area contributed by atoms with Crippen LogP contribution in [0.4, 0.5) is 4.39 Å². The molecule has 1 unspecified atom stereocenters. The number of methoxy groups -OCH3 is 1. The van der Waals surface area contributed by atoms with E-state index >= 15 is 0 Å². The Morgan fingerprint density at radius 2 is 2.15 bits per heavy atom. The Balaban J connectivity index is 3.30. The Kier molecular flexibility index (Phi) is 3.12. The largest absolute Gasteiger partial charge is 0.494 e. The number of benzene rings is 1. The van der Waals surface area contributed by atoms with Crippen molar-refractivity contribution in [1.29, 1.82) is 0 Å². The SMILES string of the molecule is COc1ccc(Cl)c(C(C)O)c1F. The molecule has 1 rings (SSSR count). The van der Waals surface area contributed by atoms with Crippen LogP contribution in [0.2, 0.25) is 5.02 Å². The van der Waals surface area contributed by atoms with E-state index in [1.54, 1.807) is 0 Å². The fourth-order valence-electron chi connectivity index (χ4n) is 1.09. The molecule has 1 N–H and O–H groups in total. The molecule has 0 aliphatic rings. The lowest BCUT2D eigenvalue weighted by Crippen LogP contribution is -1.99. The van der Waals surface area contributed by atoms with Crippen molar-refractivity contribution in [2.75, 3.05) is 7.11 Å². The molecule has 1 atom stereocenters. The van der Waals surface area contributed by atoms with Crippen molar-refractivity contribution >= 4 is 11.6 Å². The fraction of sp³-hybridized carbons (Fsp3) is 0.333. The molecular formula is C9H10ClFO2. The maximum atomic E-state index is 13.4. The average Bonchev–Trinajstić information content (AvgIpc) is 2.04. The first-order valence-electron chi connectivity index (χ1n) is 3.78. The zero-order chi connectivity index (χ0) is 10.0. The summed E-state index contributed by atoms with van der Waals surface area (Å²) >= 11 is 5.70. The summed E-state index contributed by atoms with van der Waals surface area (Å²) in [7, 11) is 1.36. The first kappa shape index (κ1) is 10.3. The van der Waals surface area contributed by atoms with Gasteiger partial charge in [0.2, 0.25) is 0 Å². The van der Waals surface area contributed by atoms with E-state index in [1.165, 1.54) is 26.2 Å². The molecule has 0 spiro atoms. The van der Waals surface area contributed by atoms with Gasteiger partial charge < -0.3 is 9.84 Å². The zero-order valence-electron chi connectivity index (χ0n) is 7.34. The Morgan fingerprint density at radius 3 is 2.62 bits per heavy atom. The standard InChI is InChI=1S/C9H10ClFO2/c1-5(12)8-6(10)3-4-7(13-2)9(8)11/h3-5,12H,1-2H3. The molecule has 0 aromatic heterocycles. The van der Waals surface area contributed by atoms with Gasteiger partial charge in [-0.25, -0.2) is 4.39 Å². The molecule has 0 heterocycles. The number of aliphatic hydroxyl groups excluding tert-OH is 1. The highest BCUT2D eigenvalue weighted by Gasteiger charge is 2.16. The van der Waals surface area contributed by atoms with Gasteiger partial charge in [0.25, 0.3) is 0 Å². The Hall–Kier alpha value is -0.800. The van der Waals surface area contributed by atoms with E-state index < -0.39 is 11.9 Å². The molecule has 4 heteroatoms. The van der Waals surface area contributed by atoms with Gasteiger partial charge in [0, 0.05) is 10.6 Å². The smallest absolute Gasteiger partial charge is 0.172 e. The van der Waals surface area contributed by atoms with Gasteiger partial charge in [-0.05, 0) is 19.1 Å². The van der Waals surface area contributed by atoms with Gasteiger partial charge in [0.05, 0.1) is 13.2 Å². The highest BCUT2D eigenvalue weighted by molar-refractivity contribution is 6.31. The van der Waals surface area contributed by atoms with Crippen molar-refractivity contribution in [1.82, 2.24) is 0 Å². The average molecular weight is 205 g/mol. The molecular weight excluding hydrogens is 195 g/mol. The molecule has 0 aliphatic heterocycles. The van der Waals surface area contributed by atoms with E-state index in [0.717, 1.165) is 0 Å². The van der Waals surface area contributed by atoms with E-state index in [9.17, 15) is 9.50 Å². The highest BCUT2D eigenvalue weighted by Crippen LogP contribution is 2.31. The van der Waals surface area contributed by atoms with Gasteiger partial charge >= 0.3 is 0 Å². The summed E-state index contributed by atoms with van der Waals surface area (Å²) in [5.74, 6) is -0.523. The van der Waals surface area contributed by atoms with Crippen LogP contribution in [0.5, 0.6) is 5.75 Å². The zero-order valence-corrected chi connectivity index (χ0v) is 8.10. The second-order valence-electron chi connectivity index (χ2n) is 2.65. The topological polar surface area (TPSA) is 29.5 Å². The molecule has 0 saturated carbocycles. The van der Waals surface area contributed by atoms with Crippen molar-refractivity contribution in [3.05, 3.63) is 28.5 Å². The molecule has 0 aliphatic carbocycles. The molecule has 0 radical (unpaired) electrons. The summed E-state index contributed by atoms with van der Waals surface area (Å²) in [6.45, 7) is 1.45. The van der Waals surface area contributed by atoms with Gasteiger partial charge in [-0.1, -0.05) is 11.6 Å². The van der Waals surface area contributed by atoms with Crippen LogP contribution in [0.15, 0.2) is 12.1 Å². The lowest BCUT2D eigenvalue weighted by Gasteiger charge is -2.11. The van der Waals surface area contributed by atoms with Gasteiger partial charge in [-0.15, -0.1) is 0 Å². The molecule has 0 bridgehead atoms. The third-order valence-corrected chi connectivity index (χ3v) is 2.06. The first-order valence-corrected chi connectivity index (χ1v) is 4.15. The predicted molar refractivity (Wildman–Crippen MR) is 48.6 cm³/mol. The summed E-state index contributed by atoms with van der Waals surface area (Å²) in [6.07, 6.45) is -0.942. The summed E-state index contributed by atoms with van der Waals surface area (Å²) in [4.78, 5) is 0. The monoisotopic (exact) mass is 204 g/mol. The minimum absolute atomic E-state index is 0.0704. The maximum absolute atomic E-state index is 13.4. The summed E-state index contributed by atoms with van der Waals surface area (Å²) < 4.78 is 18.2. The van der Waals surface area contributed by atoms with Crippen LogP contribution < -0.4 is 4.74 Å². The van der Waals surface area contributed by atoms with Gasteiger partial charge in [-0.3, -0.25) is 0 Å². The van der Waals surface area contributed by atoms with Gasteiger partial charge in [0.15, 0.2) is 11.6 Å². The Bertz CT molecular complexity index is 313. The third kappa shape index (κ3) is 1.92. The number of halogens is 2. The third-order valence-electron chi connectivity index (χ3n) is 1.73. The van der Waals surface area contributed by atoms with Crippen molar-refractivity contribution in [3.8, 4) is 5.75 Å². The first-order chi connectivity index (χ1) is 6.07. The summed E-state index contributed by atoms with van der Waals surface area (Å²) in [6, 6.07) is 2.91. The number of hydrogen-bond donors (Lipinski definition) is 1. The van der Waals surface area contributed by atoms with E-state index in [1.807, 2.05) is 0 Å². The number of rotatable bonds is 2. The normalized spacial score (nSPS) is 12.7. The van der Waals surface area contributed by atoms with Crippen LogP contribution in [0.1, 0.15) is 18.6 Å². The molecule has 13 heavy (non-hydrogen) atoms. The summed E-state index contributed by atoms with van der Waals surface area (Å²) in [5, 5.41) is 9.43. The Labute approximate surface area is 80.9 Å². The maximum Gasteiger partial charge on any atom is 0.172 e. The van der Waals surface area contributed by atoms with Crippen LogP contribution in [0, 0.1) is 5.82 Å². The molecule has 0 amide bonds. The quantitative estimate of drug-likeness (QED) is 0.802. The minimum Gasteiger partial charge on any atom is -0.494 e. The second-order valence-corrected chi connectivity index (χ2v) is 3.06. The molecule has 0 fully saturated rings. The van der Waals surface area contributed by atoms with E-state index in [0.29, 0.717) is 0 Å². The van der Waals surface area contributed by atoms with Crippen LogP contribution in [0.25, 0.3) is 0 Å². The van der Waals surface area contributed by atoms with Crippen molar-refractivity contribution in [3.63, 3.8) is 0 Å². The van der Waals surface area contributed by atoms with Crippen LogP contribution >= 0.6 is 11.6 Å². The number of hydrogen-bond acceptors (Lipinski definition) is 2. The van der Waals surface area contributed by atoms with Crippen LogP contribution in [0.3, 0.4) is 0 Å². The summed E-state index contributed by atoms with van der Waals surface area (Å²) in [5.41, 5.74) is 0.0704. The molecule has 2 nitrogen and oxygen atoms in total. The molecule has 1 aromatic carbocycles. The van der Waals surface area contributed by atoms with E-state index in [4.69, 9.17) is 16.3 Å². The second kappa shape index (κ2) is 3.94. The molecule has 0 saturated heterocycles. The van der Waals surface area contributed by atoms with E-state index in [-0.39, 0.29) is 16.3 Å². The van der Waals surface area contributed by atoms with Crippen LogP contribution in [-0.2, 0) is 0 Å². The van der Waals surface area contributed by atoms with Crippen molar-refractivity contribution in [2.24, 2.45) is 0 Å². The molecule has 1 aromatic rings. The Morgan fingerprint density at radius 1 is 1.54 bits per heavy atom. The van der Waals surface area contributed by atoms with Crippen molar-refractivity contribution in [2.45, 2.75) is 13.0 Å². The minimum atomic E-state index is -0.942. The fourth-order valence-corrected chi connectivity index (χ4v) is 1.39. The molecule has 72 valence electrons. The van der Waals surface area contributed by atoms with Gasteiger partial charge in [0.1, 0.15) is 0 Å².